The van der Waals surface area contributed by atoms with Gasteiger partial charge in [-0.2, -0.15) is 0 Å². The molecule has 1 aliphatic carbocycles. The average molecular weight is 375 g/mol. The SMILES string of the molecule is COC(=O)CCC/C=C\C[C@@H]1[C@@H](CO)[C@H](OC2CCCCO2)C[C@H]1Cl. The molecule has 2 fully saturated rings. The Labute approximate surface area is 155 Å². The number of methoxy groups -OCH3 is 1. The molecule has 0 amide bonds. The van der Waals surface area contributed by atoms with Crippen LogP contribution in [0, 0.1) is 11.8 Å². The Morgan fingerprint density at radius 1 is 1.32 bits per heavy atom. The van der Waals surface area contributed by atoms with Crippen molar-refractivity contribution in [3.05, 3.63) is 12.2 Å². The summed E-state index contributed by atoms with van der Waals surface area (Å²) in [6.45, 7) is 0.838. The molecule has 0 spiro atoms. The first-order valence-electron chi connectivity index (χ1n) is 9.39. The van der Waals surface area contributed by atoms with E-state index in [1.165, 1.54) is 7.11 Å². The van der Waals surface area contributed by atoms with Gasteiger partial charge in [-0.05, 0) is 50.9 Å². The minimum Gasteiger partial charge on any atom is -0.469 e. The Kier molecular flexibility index (Phi) is 9.24. The number of hydrogen-bond acceptors (Lipinski definition) is 5. The molecule has 0 aromatic carbocycles. The van der Waals surface area contributed by atoms with Gasteiger partial charge in [-0.1, -0.05) is 12.2 Å². The van der Waals surface area contributed by atoms with E-state index in [2.05, 4.69) is 16.9 Å². The van der Waals surface area contributed by atoms with Crippen molar-refractivity contribution in [1.29, 1.82) is 0 Å². The first-order valence-corrected chi connectivity index (χ1v) is 9.83. The molecule has 0 radical (unpaired) electrons. The number of aliphatic hydroxyl groups is 1. The van der Waals surface area contributed by atoms with Gasteiger partial charge < -0.3 is 19.3 Å². The number of ether oxygens (including phenoxy) is 3. The maximum absolute atomic E-state index is 11.1. The van der Waals surface area contributed by atoms with E-state index in [0.717, 1.165) is 51.6 Å². The van der Waals surface area contributed by atoms with Crippen molar-refractivity contribution in [2.45, 2.75) is 69.1 Å². The Balaban J connectivity index is 1.76. The number of alkyl halides is 1. The number of aliphatic hydroxyl groups excluding tert-OH is 1. The fourth-order valence-corrected chi connectivity index (χ4v) is 4.16. The summed E-state index contributed by atoms with van der Waals surface area (Å²) in [5, 5.41) is 9.83. The van der Waals surface area contributed by atoms with Gasteiger partial charge in [0.15, 0.2) is 6.29 Å². The van der Waals surface area contributed by atoms with Crippen molar-refractivity contribution in [3.8, 4) is 0 Å². The summed E-state index contributed by atoms with van der Waals surface area (Å²) in [7, 11) is 1.41. The fourth-order valence-electron chi connectivity index (χ4n) is 3.70. The smallest absolute Gasteiger partial charge is 0.305 e. The highest BCUT2D eigenvalue weighted by Gasteiger charge is 2.43. The molecule has 1 aliphatic heterocycles. The number of allylic oxidation sites excluding steroid dienone is 2. The Morgan fingerprint density at radius 2 is 2.16 bits per heavy atom. The normalized spacial score (nSPS) is 33.0. The van der Waals surface area contributed by atoms with Crippen molar-refractivity contribution in [2.75, 3.05) is 20.3 Å². The van der Waals surface area contributed by atoms with Gasteiger partial charge in [0.1, 0.15) is 0 Å². The van der Waals surface area contributed by atoms with E-state index >= 15 is 0 Å². The van der Waals surface area contributed by atoms with Crippen molar-refractivity contribution in [2.24, 2.45) is 11.8 Å². The molecular formula is C19H31ClO5. The van der Waals surface area contributed by atoms with E-state index in [4.69, 9.17) is 21.1 Å². The second-order valence-corrected chi connectivity index (χ2v) is 7.47. The third kappa shape index (κ3) is 6.55. The van der Waals surface area contributed by atoms with Crippen LogP contribution in [0.1, 0.15) is 51.4 Å². The first kappa shape index (κ1) is 20.7. The van der Waals surface area contributed by atoms with E-state index in [-0.39, 0.29) is 42.2 Å². The topological polar surface area (TPSA) is 65.0 Å². The van der Waals surface area contributed by atoms with E-state index in [1.54, 1.807) is 0 Å². The van der Waals surface area contributed by atoms with Gasteiger partial charge in [0.2, 0.25) is 0 Å². The molecule has 6 heteroatoms. The predicted molar refractivity (Wildman–Crippen MR) is 96.4 cm³/mol. The molecule has 1 saturated carbocycles. The third-order valence-electron chi connectivity index (χ3n) is 5.18. The van der Waals surface area contributed by atoms with Crippen molar-refractivity contribution in [3.63, 3.8) is 0 Å². The lowest BCUT2D eigenvalue weighted by Gasteiger charge is -2.29. The van der Waals surface area contributed by atoms with Crippen LogP contribution < -0.4 is 0 Å². The summed E-state index contributed by atoms with van der Waals surface area (Å²) in [6, 6.07) is 0. The third-order valence-corrected chi connectivity index (χ3v) is 5.68. The molecule has 5 atom stereocenters. The molecule has 144 valence electrons. The lowest BCUT2D eigenvalue weighted by molar-refractivity contribution is -0.197. The second kappa shape index (κ2) is 11.2. The van der Waals surface area contributed by atoms with Gasteiger partial charge in [-0.15, -0.1) is 11.6 Å². The van der Waals surface area contributed by atoms with Crippen LogP contribution in [0.5, 0.6) is 0 Å². The summed E-state index contributed by atoms with van der Waals surface area (Å²) in [5.74, 6) is 0.0835. The number of carbonyl (C=O) groups excluding carboxylic acids is 1. The van der Waals surface area contributed by atoms with Crippen LogP contribution in [0.2, 0.25) is 0 Å². The number of carbonyl (C=O) groups is 1. The van der Waals surface area contributed by atoms with Gasteiger partial charge in [0.05, 0.1) is 13.2 Å². The van der Waals surface area contributed by atoms with Crippen LogP contribution in [0.15, 0.2) is 12.2 Å². The number of hydrogen-bond donors (Lipinski definition) is 1. The largest absolute Gasteiger partial charge is 0.469 e. The van der Waals surface area contributed by atoms with Crippen LogP contribution >= 0.6 is 11.6 Å². The number of rotatable bonds is 9. The molecule has 2 rings (SSSR count). The minimum atomic E-state index is -0.171. The van der Waals surface area contributed by atoms with E-state index in [9.17, 15) is 9.90 Å². The van der Waals surface area contributed by atoms with Gasteiger partial charge >= 0.3 is 5.97 Å². The van der Waals surface area contributed by atoms with E-state index in [0.29, 0.717) is 6.42 Å². The zero-order valence-electron chi connectivity index (χ0n) is 15.1. The van der Waals surface area contributed by atoms with Crippen molar-refractivity contribution < 1.29 is 24.1 Å². The second-order valence-electron chi connectivity index (χ2n) is 6.91. The molecule has 1 N–H and O–H groups in total. The summed E-state index contributed by atoms with van der Waals surface area (Å²) < 4.78 is 16.4. The highest BCUT2D eigenvalue weighted by Crippen LogP contribution is 2.41. The quantitative estimate of drug-likeness (QED) is 0.290. The van der Waals surface area contributed by atoms with Crippen molar-refractivity contribution in [1.82, 2.24) is 0 Å². The Morgan fingerprint density at radius 3 is 2.84 bits per heavy atom. The molecule has 1 saturated heterocycles. The molecule has 1 heterocycles. The number of unbranched alkanes of at least 4 members (excludes halogenated alkanes) is 1. The van der Waals surface area contributed by atoms with E-state index in [1.807, 2.05) is 0 Å². The fraction of sp³-hybridized carbons (Fsp3) is 0.842. The number of halogens is 1. The molecule has 1 unspecified atom stereocenters. The summed E-state index contributed by atoms with van der Waals surface area (Å²) >= 11 is 6.54. The molecule has 5 nitrogen and oxygen atoms in total. The van der Waals surface area contributed by atoms with Gasteiger partial charge in [-0.25, -0.2) is 0 Å². The maximum atomic E-state index is 11.1. The molecule has 0 aromatic rings. The van der Waals surface area contributed by atoms with E-state index < -0.39 is 0 Å². The molecule has 2 aliphatic rings. The Hall–Kier alpha value is -0.620. The average Bonchev–Trinajstić information content (AvgIpc) is 2.92. The predicted octanol–water partition coefficient (Wildman–Crippen LogP) is 3.42. The standard InChI is InChI=1S/C19H31ClO5/c1-23-18(22)9-5-3-2-4-8-14-15(13-21)17(12-16(14)20)25-19-10-6-7-11-24-19/h2,4,14-17,19,21H,3,5-13H2,1H3/b4-2-/t14-,15-,16-,17-,19?/m1/s1. The van der Waals surface area contributed by atoms with Gasteiger partial charge in [0, 0.05) is 30.9 Å². The Bertz CT molecular complexity index is 422. The molecule has 0 bridgehead atoms. The van der Waals surface area contributed by atoms with Crippen LogP contribution in [0.3, 0.4) is 0 Å². The molecule has 25 heavy (non-hydrogen) atoms. The lowest BCUT2D eigenvalue weighted by Crippen LogP contribution is -2.32. The van der Waals surface area contributed by atoms with Gasteiger partial charge in [0.25, 0.3) is 0 Å². The summed E-state index contributed by atoms with van der Waals surface area (Å²) in [5.41, 5.74) is 0. The highest BCUT2D eigenvalue weighted by atomic mass is 35.5. The minimum absolute atomic E-state index is 0.00506. The lowest BCUT2D eigenvalue weighted by atomic mass is 9.92. The first-order chi connectivity index (χ1) is 12.2. The van der Waals surface area contributed by atoms with Crippen LogP contribution in [-0.2, 0) is 19.0 Å². The highest BCUT2D eigenvalue weighted by molar-refractivity contribution is 6.21. The molecular weight excluding hydrogens is 344 g/mol. The monoisotopic (exact) mass is 374 g/mol. The summed E-state index contributed by atoms with van der Waals surface area (Å²) in [4.78, 5) is 11.1. The van der Waals surface area contributed by atoms with Crippen LogP contribution in [0.4, 0.5) is 0 Å². The zero-order valence-corrected chi connectivity index (χ0v) is 15.8. The maximum Gasteiger partial charge on any atom is 0.305 e. The zero-order chi connectivity index (χ0) is 18.1. The summed E-state index contributed by atoms with van der Waals surface area (Å²) in [6.07, 6.45) is 10.8. The molecule has 0 aromatic heterocycles. The van der Waals surface area contributed by atoms with Crippen LogP contribution in [0.25, 0.3) is 0 Å². The van der Waals surface area contributed by atoms with Crippen molar-refractivity contribution >= 4 is 17.6 Å². The van der Waals surface area contributed by atoms with Gasteiger partial charge in [-0.3, -0.25) is 4.79 Å². The number of esters is 1. The van der Waals surface area contributed by atoms with Crippen LogP contribution in [-0.4, -0.2) is 49.2 Å².